The molecule has 1 heterocycles. The number of aliphatic hydroxyl groups is 1. The Bertz CT molecular complexity index is 351. The molecule has 1 aliphatic rings. The van der Waals surface area contributed by atoms with Gasteiger partial charge in [-0.3, -0.25) is 0 Å². The van der Waals surface area contributed by atoms with Gasteiger partial charge in [0.15, 0.2) is 0 Å². The average molecular weight is 285 g/mol. The molecule has 4 heteroatoms. The van der Waals surface area contributed by atoms with E-state index in [2.05, 4.69) is 26.6 Å². The van der Waals surface area contributed by atoms with Gasteiger partial charge in [0.05, 0.1) is 5.60 Å². The topological polar surface area (TPSA) is 44.3 Å². The Hall–Kier alpha value is -0.580. The van der Waals surface area contributed by atoms with E-state index in [1.54, 1.807) is 0 Å². The fourth-order valence-corrected chi connectivity index (χ4v) is 2.39. The normalized spacial score (nSPS) is 25.4. The van der Waals surface area contributed by atoms with Crippen LogP contribution in [0, 0.1) is 0 Å². The number of benzene rings is 1. The monoisotopic (exact) mass is 284 g/mol. The van der Waals surface area contributed by atoms with Gasteiger partial charge >= 0.3 is 0 Å². The third kappa shape index (κ3) is 2.97. The van der Waals surface area contributed by atoms with Crippen molar-refractivity contribution in [1.82, 2.24) is 5.32 Å². The van der Waals surface area contributed by atoms with Crippen LogP contribution in [0.3, 0.4) is 0 Å². The van der Waals surface area contributed by atoms with E-state index >= 15 is 0 Å². The molecule has 3 nitrogen and oxygen atoms in total. The predicted octanol–water partition coefficient (Wildman–Crippen LogP) is 1.98. The van der Waals surface area contributed by atoms with E-state index in [0.717, 1.165) is 29.5 Å². The van der Waals surface area contributed by atoms with Crippen LogP contribution in [-0.4, -0.2) is 30.3 Å². The maximum atomic E-state index is 10.3. The molecule has 1 aromatic carbocycles. The minimum absolute atomic E-state index is 0.586. The van der Waals surface area contributed by atoms with Crippen molar-refractivity contribution in [2.24, 2.45) is 0 Å². The molecule has 1 aromatic rings. The van der Waals surface area contributed by atoms with Gasteiger partial charge in [-0.15, -0.1) is 0 Å². The number of hydrogen-bond donors (Lipinski definition) is 3. The van der Waals surface area contributed by atoms with Gasteiger partial charge in [-0.05, 0) is 47.4 Å². The third-order valence-electron chi connectivity index (χ3n) is 2.93. The molecule has 1 aliphatic heterocycles. The van der Waals surface area contributed by atoms with Crippen LogP contribution in [0.4, 0.5) is 5.69 Å². The second-order valence-electron chi connectivity index (χ2n) is 4.34. The molecule has 2 rings (SSSR count). The minimum Gasteiger partial charge on any atom is -0.387 e. The van der Waals surface area contributed by atoms with Gasteiger partial charge in [0.2, 0.25) is 0 Å². The van der Waals surface area contributed by atoms with E-state index in [1.807, 2.05) is 24.3 Å². The highest BCUT2D eigenvalue weighted by Gasteiger charge is 2.28. The number of para-hydroxylation sites is 1. The van der Waals surface area contributed by atoms with Gasteiger partial charge in [-0.1, -0.05) is 12.1 Å². The zero-order valence-electron chi connectivity index (χ0n) is 9.17. The lowest BCUT2D eigenvalue weighted by Gasteiger charge is -2.33. The first-order valence-electron chi connectivity index (χ1n) is 5.61. The van der Waals surface area contributed by atoms with Gasteiger partial charge in [-0.25, -0.2) is 0 Å². The van der Waals surface area contributed by atoms with Crippen molar-refractivity contribution in [2.45, 2.75) is 18.4 Å². The summed E-state index contributed by atoms with van der Waals surface area (Å²) in [5.41, 5.74) is 0.412. The molecule has 0 aromatic heterocycles. The van der Waals surface area contributed by atoms with E-state index in [0.29, 0.717) is 13.1 Å². The zero-order valence-corrected chi connectivity index (χ0v) is 10.8. The van der Waals surface area contributed by atoms with Crippen molar-refractivity contribution in [1.29, 1.82) is 0 Å². The second kappa shape index (κ2) is 5.17. The molecule has 0 aliphatic carbocycles. The van der Waals surface area contributed by atoms with Crippen LogP contribution < -0.4 is 10.6 Å². The number of rotatable bonds is 3. The fourth-order valence-electron chi connectivity index (χ4n) is 1.97. The maximum absolute atomic E-state index is 10.3. The smallest absolute Gasteiger partial charge is 0.0943 e. The quantitative estimate of drug-likeness (QED) is 0.795. The van der Waals surface area contributed by atoms with Crippen LogP contribution in [0.5, 0.6) is 0 Å². The Morgan fingerprint density at radius 2 is 2.25 bits per heavy atom. The number of β-amino-alcohol motifs (C(OH)–C–C–N with tert-alkyl or cyclic N) is 1. The molecule has 0 saturated carbocycles. The van der Waals surface area contributed by atoms with Crippen LogP contribution in [0.2, 0.25) is 0 Å². The molecule has 1 saturated heterocycles. The summed E-state index contributed by atoms with van der Waals surface area (Å²) in [5, 5.41) is 16.8. The van der Waals surface area contributed by atoms with Crippen LogP contribution in [-0.2, 0) is 0 Å². The molecule has 0 radical (unpaired) electrons. The SMILES string of the molecule is OC1(CNc2ccccc2Br)CCCNC1. The number of nitrogens with one attached hydrogen (secondary N) is 2. The van der Waals surface area contributed by atoms with E-state index < -0.39 is 5.60 Å². The van der Waals surface area contributed by atoms with Crippen molar-refractivity contribution in [3.05, 3.63) is 28.7 Å². The third-order valence-corrected chi connectivity index (χ3v) is 3.62. The van der Waals surface area contributed by atoms with Gasteiger partial charge in [0.1, 0.15) is 0 Å². The van der Waals surface area contributed by atoms with Crippen molar-refractivity contribution >= 4 is 21.6 Å². The summed E-state index contributed by atoms with van der Waals surface area (Å²) in [6, 6.07) is 7.96. The van der Waals surface area contributed by atoms with E-state index in [-0.39, 0.29) is 0 Å². The second-order valence-corrected chi connectivity index (χ2v) is 5.19. The number of piperidine rings is 1. The summed E-state index contributed by atoms with van der Waals surface area (Å²) in [6.45, 7) is 2.27. The summed E-state index contributed by atoms with van der Waals surface area (Å²) in [7, 11) is 0. The highest BCUT2D eigenvalue weighted by molar-refractivity contribution is 9.10. The lowest BCUT2D eigenvalue weighted by Crippen LogP contribution is -2.50. The molecule has 88 valence electrons. The Morgan fingerprint density at radius 3 is 2.94 bits per heavy atom. The maximum Gasteiger partial charge on any atom is 0.0943 e. The highest BCUT2D eigenvalue weighted by Crippen LogP contribution is 2.23. The molecule has 0 amide bonds. The lowest BCUT2D eigenvalue weighted by atomic mass is 9.94. The molecule has 3 N–H and O–H groups in total. The Labute approximate surface area is 104 Å². The van der Waals surface area contributed by atoms with Crippen LogP contribution in [0.1, 0.15) is 12.8 Å². The standard InChI is InChI=1S/C12H17BrN2O/c13-10-4-1-2-5-11(10)15-9-12(16)6-3-7-14-8-12/h1-2,4-5,14-16H,3,6-9H2. The summed E-state index contributed by atoms with van der Waals surface area (Å²) >= 11 is 3.48. The van der Waals surface area contributed by atoms with Crippen molar-refractivity contribution in [2.75, 3.05) is 25.0 Å². The first kappa shape index (κ1) is 11.9. The molecular formula is C12H17BrN2O. The molecule has 1 unspecified atom stereocenters. The number of hydrogen-bond acceptors (Lipinski definition) is 3. The molecule has 0 bridgehead atoms. The Kier molecular flexibility index (Phi) is 3.84. The van der Waals surface area contributed by atoms with Crippen molar-refractivity contribution in [3.8, 4) is 0 Å². The summed E-state index contributed by atoms with van der Waals surface area (Å²) in [5.74, 6) is 0. The molecule has 1 atom stereocenters. The van der Waals surface area contributed by atoms with Gasteiger partial charge < -0.3 is 15.7 Å². The highest BCUT2D eigenvalue weighted by atomic mass is 79.9. The van der Waals surface area contributed by atoms with E-state index in [1.165, 1.54) is 0 Å². The predicted molar refractivity (Wildman–Crippen MR) is 69.7 cm³/mol. The minimum atomic E-state index is -0.618. The summed E-state index contributed by atoms with van der Waals surface area (Å²) in [4.78, 5) is 0. The average Bonchev–Trinajstić information content (AvgIpc) is 2.29. The van der Waals surface area contributed by atoms with Crippen LogP contribution in [0.25, 0.3) is 0 Å². The molecule has 16 heavy (non-hydrogen) atoms. The summed E-state index contributed by atoms with van der Waals surface area (Å²) in [6.07, 6.45) is 1.89. The zero-order chi connectivity index (χ0) is 11.4. The van der Waals surface area contributed by atoms with Gasteiger partial charge in [0, 0.05) is 23.2 Å². The first-order valence-corrected chi connectivity index (χ1v) is 6.40. The van der Waals surface area contributed by atoms with Crippen LogP contribution in [0.15, 0.2) is 28.7 Å². The summed E-state index contributed by atoms with van der Waals surface area (Å²) < 4.78 is 1.03. The Balaban J connectivity index is 1.94. The van der Waals surface area contributed by atoms with E-state index in [9.17, 15) is 5.11 Å². The largest absolute Gasteiger partial charge is 0.387 e. The number of halogens is 1. The molecule has 0 spiro atoms. The molecule has 1 fully saturated rings. The molecular weight excluding hydrogens is 268 g/mol. The van der Waals surface area contributed by atoms with Gasteiger partial charge in [-0.2, -0.15) is 0 Å². The fraction of sp³-hybridized carbons (Fsp3) is 0.500. The van der Waals surface area contributed by atoms with Crippen molar-refractivity contribution in [3.63, 3.8) is 0 Å². The van der Waals surface area contributed by atoms with Gasteiger partial charge in [0.25, 0.3) is 0 Å². The first-order chi connectivity index (χ1) is 7.70. The lowest BCUT2D eigenvalue weighted by molar-refractivity contribution is 0.0292. The van der Waals surface area contributed by atoms with E-state index in [4.69, 9.17) is 0 Å². The van der Waals surface area contributed by atoms with Crippen molar-refractivity contribution < 1.29 is 5.11 Å². The Morgan fingerprint density at radius 1 is 1.44 bits per heavy atom. The number of anilines is 1. The van der Waals surface area contributed by atoms with Crippen LogP contribution >= 0.6 is 15.9 Å².